The Balaban J connectivity index is 1.75. The largest absolute Gasteiger partial charge is 0.504 e. The maximum Gasteiger partial charge on any atom is 0.195 e. The summed E-state index contributed by atoms with van der Waals surface area (Å²) >= 11 is 0. The first-order valence-electron chi connectivity index (χ1n) is 17.2. The van der Waals surface area contributed by atoms with E-state index >= 15 is 9.59 Å². The van der Waals surface area contributed by atoms with Crippen molar-refractivity contribution in [2.45, 2.75) is 53.4 Å². The second-order valence-electron chi connectivity index (χ2n) is 13.6. The highest BCUT2D eigenvalue weighted by molar-refractivity contribution is 6.40. The molecule has 6 rings (SSSR count). The lowest BCUT2D eigenvalue weighted by Crippen LogP contribution is -2.33. The number of ketones is 2. The predicted octanol–water partition coefficient (Wildman–Crippen LogP) is 7.74. The lowest BCUT2D eigenvalue weighted by molar-refractivity contribution is 0.0989. The minimum absolute atomic E-state index is 0.0943. The number of anilines is 2. The smallest absolute Gasteiger partial charge is 0.195 e. The number of carbonyl (C=O) groups excluding carboxylic acids is 4. The van der Waals surface area contributed by atoms with Gasteiger partial charge in [-0.15, -0.1) is 0 Å². The fourth-order valence-corrected chi connectivity index (χ4v) is 7.19. The molecular weight excluding hydrogens is 688 g/mol. The number of allylic oxidation sites excluding steroid dienone is 4. The molecule has 0 saturated heterocycles. The fourth-order valence-electron chi connectivity index (χ4n) is 7.19. The maximum atomic E-state index is 15.0. The summed E-state index contributed by atoms with van der Waals surface area (Å²) in [4.78, 5) is 55.3. The van der Waals surface area contributed by atoms with Crippen molar-refractivity contribution in [2.75, 3.05) is 10.9 Å². The van der Waals surface area contributed by atoms with E-state index in [1.54, 1.807) is 90.1 Å². The number of aromatic hydroxyl groups is 4. The van der Waals surface area contributed by atoms with Gasteiger partial charge in [0.2, 0.25) is 0 Å². The quantitative estimate of drug-likeness (QED) is 0.0564. The number of carbonyl (C=O) groups is 4. The molecule has 2 aliphatic carbocycles. The van der Waals surface area contributed by atoms with Gasteiger partial charge in [-0.05, 0) is 61.1 Å². The monoisotopic (exact) mass is 726 g/mol. The molecule has 12 heteroatoms. The van der Waals surface area contributed by atoms with Crippen molar-refractivity contribution in [3.05, 3.63) is 127 Å². The Morgan fingerprint density at radius 3 is 1.17 bits per heavy atom. The zero-order valence-corrected chi connectivity index (χ0v) is 30.4. The van der Waals surface area contributed by atoms with Crippen LogP contribution in [0.2, 0.25) is 0 Å². The molecule has 12 nitrogen and oxygen atoms in total. The molecule has 0 aromatic heterocycles. The first-order chi connectivity index (χ1) is 25.8. The average Bonchev–Trinajstić information content (AvgIpc) is 3.15. The zero-order valence-electron chi connectivity index (χ0n) is 30.4. The number of phenols is 4. The van der Waals surface area contributed by atoms with E-state index in [2.05, 4.69) is 21.1 Å². The predicted molar refractivity (Wildman–Crippen MR) is 206 cm³/mol. The van der Waals surface area contributed by atoms with E-state index in [4.69, 9.17) is 0 Å². The average molecular weight is 727 g/mol. The second-order valence-corrected chi connectivity index (χ2v) is 13.6. The normalized spacial score (nSPS) is 15.6. The van der Waals surface area contributed by atoms with Gasteiger partial charge in [0.25, 0.3) is 0 Å². The number of nitrogens with zero attached hydrogens (tertiary/aromatic N) is 2. The standard InChI is InChI=1S/C42H38N4O8/c1-19(2)27-33-31(25(17-47)37(49)41(27)53)39(51)29(21(5)35(33)45-43-23-13-9-7-10-14-23)30-22(6)36(46-44-24-15-11-8-12-16-24)34-28(20(3)4)42(54)38(50)26(18-48)32(34)40(30)52/h7-20,43-44,49-50,53-54H,1-6H3/b45-35+,46-36+. The van der Waals surface area contributed by atoms with Crippen LogP contribution in [0.3, 0.4) is 0 Å². The maximum absolute atomic E-state index is 15.0. The van der Waals surface area contributed by atoms with Gasteiger partial charge in [0.15, 0.2) is 47.1 Å². The third-order valence-electron chi connectivity index (χ3n) is 9.67. The molecule has 0 bridgehead atoms. The van der Waals surface area contributed by atoms with Gasteiger partial charge in [0.1, 0.15) is 0 Å². The first-order valence-corrected chi connectivity index (χ1v) is 17.2. The molecular formula is C42H38N4O8. The molecule has 0 spiro atoms. The molecule has 0 heterocycles. The van der Waals surface area contributed by atoms with Crippen LogP contribution in [0.5, 0.6) is 23.0 Å². The molecule has 0 unspecified atom stereocenters. The number of Topliss-reactive ketones (excluding diaryl/α,β-unsaturated/α-hetero) is 2. The number of hydrogen-bond acceptors (Lipinski definition) is 12. The Hall–Kier alpha value is -6.82. The highest BCUT2D eigenvalue weighted by Gasteiger charge is 2.44. The van der Waals surface area contributed by atoms with Gasteiger partial charge in [-0.1, -0.05) is 64.1 Å². The van der Waals surface area contributed by atoms with E-state index in [9.17, 15) is 30.0 Å². The van der Waals surface area contributed by atoms with Gasteiger partial charge in [0, 0.05) is 44.5 Å². The summed E-state index contributed by atoms with van der Waals surface area (Å²) in [5, 5.41) is 54.0. The van der Waals surface area contributed by atoms with Crippen LogP contribution in [0.25, 0.3) is 0 Å². The highest BCUT2D eigenvalue weighted by atomic mass is 16.3. The molecule has 0 fully saturated rings. The van der Waals surface area contributed by atoms with Gasteiger partial charge in [-0.25, -0.2) is 0 Å². The molecule has 0 radical (unpaired) electrons. The zero-order chi connectivity index (χ0) is 39.2. The van der Waals surface area contributed by atoms with Gasteiger partial charge in [-0.2, -0.15) is 10.2 Å². The number of nitrogens with one attached hydrogen (secondary N) is 2. The van der Waals surface area contributed by atoms with Crippen molar-refractivity contribution < 1.29 is 39.6 Å². The van der Waals surface area contributed by atoms with Gasteiger partial charge < -0.3 is 20.4 Å². The Kier molecular flexibility index (Phi) is 9.79. The second kappa shape index (κ2) is 14.3. The van der Waals surface area contributed by atoms with Crippen molar-refractivity contribution in [1.82, 2.24) is 0 Å². The topological polar surface area (TPSA) is 198 Å². The van der Waals surface area contributed by atoms with E-state index in [0.717, 1.165) is 0 Å². The minimum atomic E-state index is -0.832. The highest BCUT2D eigenvalue weighted by Crippen LogP contribution is 2.50. The fraction of sp³-hybridized carbons (Fsp3) is 0.190. The molecule has 0 amide bonds. The van der Waals surface area contributed by atoms with Crippen molar-refractivity contribution in [3.63, 3.8) is 0 Å². The number of phenolic OH excluding ortho intramolecular Hbond substituents is 4. The Labute approximate surface area is 310 Å². The van der Waals surface area contributed by atoms with Crippen molar-refractivity contribution in [3.8, 4) is 23.0 Å². The third-order valence-corrected chi connectivity index (χ3v) is 9.67. The van der Waals surface area contributed by atoms with Crippen molar-refractivity contribution in [1.29, 1.82) is 0 Å². The summed E-state index contributed by atoms with van der Waals surface area (Å²) in [6.45, 7) is 10.1. The summed E-state index contributed by atoms with van der Waals surface area (Å²) in [5.74, 6) is -5.42. The molecule has 54 heavy (non-hydrogen) atoms. The van der Waals surface area contributed by atoms with Gasteiger partial charge in [0.05, 0.1) is 33.9 Å². The number of fused-ring (bicyclic) bond motifs is 2. The number of hydrogen-bond donors (Lipinski definition) is 6. The van der Waals surface area contributed by atoms with Crippen LogP contribution in [0.1, 0.15) is 117 Å². The Bertz CT molecular complexity index is 2240. The summed E-state index contributed by atoms with van der Waals surface area (Å²) in [7, 11) is 0. The molecule has 0 aliphatic heterocycles. The minimum Gasteiger partial charge on any atom is -0.504 e. The third kappa shape index (κ3) is 5.81. The molecule has 4 aromatic carbocycles. The van der Waals surface area contributed by atoms with Crippen LogP contribution in [0.4, 0.5) is 11.4 Å². The molecule has 6 N–H and O–H groups in total. The number of hydrazone groups is 2. The van der Waals surface area contributed by atoms with Crippen LogP contribution in [0.15, 0.2) is 93.2 Å². The Morgan fingerprint density at radius 2 is 0.870 bits per heavy atom. The molecule has 274 valence electrons. The number of rotatable bonds is 9. The number of aldehydes is 2. The van der Waals surface area contributed by atoms with Crippen LogP contribution < -0.4 is 10.9 Å². The lowest BCUT2D eigenvalue weighted by atomic mass is 9.70. The molecule has 2 aliphatic rings. The van der Waals surface area contributed by atoms with Gasteiger partial charge >= 0.3 is 0 Å². The summed E-state index contributed by atoms with van der Waals surface area (Å²) in [6.07, 6.45) is 0.513. The Morgan fingerprint density at radius 1 is 0.537 bits per heavy atom. The number of benzene rings is 4. The van der Waals surface area contributed by atoms with E-state index in [0.29, 0.717) is 11.4 Å². The summed E-state index contributed by atoms with van der Waals surface area (Å²) in [6, 6.07) is 17.7. The summed E-state index contributed by atoms with van der Waals surface area (Å²) < 4.78 is 0. The first kappa shape index (κ1) is 37.0. The van der Waals surface area contributed by atoms with Gasteiger partial charge in [-0.3, -0.25) is 30.0 Å². The van der Waals surface area contributed by atoms with Crippen molar-refractivity contribution in [2.24, 2.45) is 10.2 Å². The van der Waals surface area contributed by atoms with E-state index < -0.39 is 57.5 Å². The summed E-state index contributed by atoms with van der Waals surface area (Å²) in [5.41, 5.74) is 6.07. The van der Waals surface area contributed by atoms with Crippen LogP contribution in [-0.4, -0.2) is 56.0 Å². The SMILES string of the molecule is CC1=C(C2=C(C)/C(=N\Nc3ccccc3)c3c(c(C=O)c(O)c(O)c3C(C)C)C2=O)C(=O)c2c(C=O)c(O)c(O)c(C(C)C)c2/C1=N/Nc1ccccc1. The lowest BCUT2D eigenvalue weighted by Gasteiger charge is -2.32. The van der Waals surface area contributed by atoms with Crippen LogP contribution >= 0.6 is 0 Å². The molecule has 0 atom stereocenters. The van der Waals surface area contributed by atoms with Crippen LogP contribution in [0, 0.1) is 0 Å². The van der Waals surface area contributed by atoms with E-state index in [-0.39, 0.29) is 79.7 Å². The van der Waals surface area contributed by atoms with E-state index in [1.807, 2.05) is 12.1 Å². The molecule has 0 saturated carbocycles. The van der Waals surface area contributed by atoms with Crippen molar-refractivity contribution >= 4 is 46.9 Å². The van der Waals surface area contributed by atoms with Crippen LogP contribution in [-0.2, 0) is 0 Å². The van der Waals surface area contributed by atoms with E-state index in [1.165, 1.54) is 0 Å². The number of para-hydroxylation sites is 2. The molecule has 4 aromatic rings.